The number of hydrogen-bond donors (Lipinski definition) is 3. The summed E-state index contributed by atoms with van der Waals surface area (Å²) >= 11 is 0. The fraction of sp³-hybridized carbons (Fsp3) is 0.400. The third kappa shape index (κ3) is 1.47. The molecule has 1 heterocycles. The van der Waals surface area contributed by atoms with Crippen LogP contribution in [-0.4, -0.2) is 13.1 Å². The Morgan fingerprint density at radius 1 is 1.23 bits per heavy atom. The van der Waals surface area contributed by atoms with Crippen molar-refractivity contribution in [1.29, 1.82) is 0 Å². The van der Waals surface area contributed by atoms with Crippen molar-refractivity contribution in [2.24, 2.45) is 5.73 Å². The summed E-state index contributed by atoms with van der Waals surface area (Å²) in [5, 5.41) is 6.70. The second kappa shape index (κ2) is 3.26. The van der Waals surface area contributed by atoms with E-state index in [0.29, 0.717) is 6.54 Å². The Bertz CT molecular complexity index is 320. The smallest absolute Gasteiger partial charge is 0.0580 e. The lowest BCUT2D eigenvalue weighted by Gasteiger charge is -2.21. The molecule has 3 heteroatoms. The fourth-order valence-corrected chi connectivity index (χ4v) is 1.66. The minimum atomic E-state index is 0.612. The summed E-state index contributed by atoms with van der Waals surface area (Å²) in [6.45, 7) is 4.69. The Morgan fingerprint density at radius 3 is 2.46 bits per heavy atom. The maximum absolute atomic E-state index is 5.64. The number of anilines is 2. The van der Waals surface area contributed by atoms with Crippen LogP contribution in [-0.2, 0) is 6.54 Å². The zero-order chi connectivity index (χ0) is 9.26. The van der Waals surface area contributed by atoms with Gasteiger partial charge in [-0.15, -0.1) is 0 Å². The van der Waals surface area contributed by atoms with Crippen LogP contribution in [0.1, 0.15) is 11.1 Å². The van der Waals surface area contributed by atoms with E-state index in [1.54, 1.807) is 0 Å². The van der Waals surface area contributed by atoms with E-state index in [0.717, 1.165) is 13.1 Å². The first-order valence-electron chi connectivity index (χ1n) is 4.62. The van der Waals surface area contributed by atoms with Gasteiger partial charge in [-0.2, -0.15) is 0 Å². The molecular weight excluding hydrogens is 162 g/mol. The van der Waals surface area contributed by atoms with Crippen molar-refractivity contribution in [3.63, 3.8) is 0 Å². The standard InChI is InChI=1S/C10H15N3/c1-7-4-9-10(5-8(7)6-11)13-3-2-12-9/h4-5,12-13H,2-3,6,11H2,1H3. The van der Waals surface area contributed by atoms with Gasteiger partial charge >= 0.3 is 0 Å². The van der Waals surface area contributed by atoms with E-state index < -0.39 is 0 Å². The summed E-state index contributed by atoms with van der Waals surface area (Å²) < 4.78 is 0. The predicted molar refractivity (Wildman–Crippen MR) is 56.0 cm³/mol. The monoisotopic (exact) mass is 177 g/mol. The lowest BCUT2D eigenvalue weighted by molar-refractivity contribution is 1.02. The molecule has 1 aromatic rings. The highest BCUT2D eigenvalue weighted by Gasteiger charge is 2.09. The quantitative estimate of drug-likeness (QED) is 0.606. The zero-order valence-electron chi connectivity index (χ0n) is 7.85. The van der Waals surface area contributed by atoms with E-state index in [9.17, 15) is 0 Å². The highest BCUT2D eigenvalue weighted by molar-refractivity contribution is 5.72. The second-order valence-electron chi connectivity index (χ2n) is 3.38. The first-order valence-corrected chi connectivity index (χ1v) is 4.62. The van der Waals surface area contributed by atoms with Crippen LogP contribution in [0.3, 0.4) is 0 Å². The summed E-state index contributed by atoms with van der Waals surface area (Å²) in [5.41, 5.74) is 10.5. The van der Waals surface area contributed by atoms with E-state index in [2.05, 4.69) is 29.7 Å². The lowest BCUT2D eigenvalue weighted by atomic mass is 10.1. The number of aryl methyl sites for hydroxylation is 1. The van der Waals surface area contributed by atoms with E-state index in [-0.39, 0.29) is 0 Å². The van der Waals surface area contributed by atoms with Crippen LogP contribution >= 0.6 is 0 Å². The maximum atomic E-state index is 5.64. The molecule has 0 saturated carbocycles. The molecule has 0 radical (unpaired) electrons. The van der Waals surface area contributed by atoms with Gasteiger partial charge < -0.3 is 16.4 Å². The highest BCUT2D eigenvalue weighted by Crippen LogP contribution is 2.27. The summed E-state index contributed by atoms with van der Waals surface area (Å²) in [4.78, 5) is 0. The maximum Gasteiger partial charge on any atom is 0.0580 e. The van der Waals surface area contributed by atoms with Gasteiger partial charge in [0.2, 0.25) is 0 Å². The summed E-state index contributed by atoms with van der Waals surface area (Å²) in [6, 6.07) is 4.29. The Labute approximate surface area is 78.3 Å². The molecule has 0 atom stereocenters. The number of hydrogen-bond acceptors (Lipinski definition) is 3. The minimum Gasteiger partial charge on any atom is -0.382 e. The molecule has 0 bridgehead atoms. The van der Waals surface area contributed by atoms with Gasteiger partial charge in [0, 0.05) is 19.6 Å². The Hall–Kier alpha value is -1.22. The predicted octanol–water partition coefficient (Wildman–Crippen LogP) is 1.29. The molecule has 0 aromatic heterocycles. The molecule has 1 aliphatic heterocycles. The van der Waals surface area contributed by atoms with Crippen molar-refractivity contribution < 1.29 is 0 Å². The molecule has 0 unspecified atom stereocenters. The lowest BCUT2D eigenvalue weighted by Crippen LogP contribution is -2.21. The first-order chi connectivity index (χ1) is 6.31. The highest BCUT2D eigenvalue weighted by atomic mass is 15.0. The molecule has 3 nitrogen and oxygen atoms in total. The molecule has 1 aromatic carbocycles. The summed E-state index contributed by atoms with van der Waals surface area (Å²) in [6.07, 6.45) is 0. The molecular formula is C10H15N3. The van der Waals surface area contributed by atoms with E-state index in [1.165, 1.54) is 22.5 Å². The SMILES string of the molecule is Cc1cc2c(cc1CN)NCCN2. The van der Waals surface area contributed by atoms with Gasteiger partial charge in [-0.3, -0.25) is 0 Å². The zero-order valence-corrected chi connectivity index (χ0v) is 7.85. The van der Waals surface area contributed by atoms with E-state index >= 15 is 0 Å². The van der Waals surface area contributed by atoms with Gasteiger partial charge in [0.15, 0.2) is 0 Å². The molecule has 4 N–H and O–H groups in total. The van der Waals surface area contributed by atoms with Gasteiger partial charge in [0.25, 0.3) is 0 Å². The molecule has 0 fully saturated rings. The number of fused-ring (bicyclic) bond motifs is 1. The molecule has 1 aliphatic rings. The van der Waals surface area contributed by atoms with Crippen molar-refractivity contribution in [1.82, 2.24) is 0 Å². The van der Waals surface area contributed by atoms with Crippen molar-refractivity contribution >= 4 is 11.4 Å². The van der Waals surface area contributed by atoms with Gasteiger partial charge in [0.05, 0.1) is 11.4 Å². The van der Waals surface area contributed by atoms with E-state index in [4.69, 9.17) is 5.73 Å². The summed E-state index contributed by atoms with van der Waals surface area (Å²) in [7, 11) is 0. The minimum absolute atomic E-state index is 0.612. The van der Waals surface area contributed by atoms with Crippen LogP contribution in [0.25, 0.3) is 0 Å². The molecule has 13 heavy (non-hydrogen) atoms. The number of nitrogens with two attached hydrogens (primary N) is 1. The van der Waals surface area contributed by atoms with Crippen molar-refractivity contribution in [3.05, 3.63) is 23.3 Å². The van der Waals surface area contributed by atoms with Crippen LogP contribution in [0.5, 0.6) is 0 Å². The molecule has 0 aliphatic carbocycles. The van der Waals surface area contributed by atoms with Gasteiger partial charge in [-0.1, -0.05) is 0 Å². The van der Waals surface area contributed by atoms with Gasteiger partial charge in [-0.05, 0) is 30.2 Å². The van der Waals surface area contributed by atoms with Gasteiger partial charge in [0.1, 0.15) is 0 Å². The van der Waals surface area contributed by atoms with Crippen molar-refractivity contribution in [2.45, 2.75) is 13.5 Å². The van der Waals surface area contributed by atoms with Crippen LogP contribution < -0.4 is 16.4 Å². The number of benzene rings is 1. The first kappa shape index (κ1) is 8.38. The average molecular weight is 177 g/mol. The molecule has 0 amide bonds. The molecule has 70 valence electrons. The van der Waals surface area contributed by atoms with Crippen LogP contribution in [0.15, 0.2) is 12.1 Å². The Kier molecular flexibility index (Phi) is 2.10. The Morgan fingerprint density at radius 2 is 1.85 bits per heavy atom. The van der Waals surface area contributed by atoms with Crippen molar-refractivity contribution in [3.8, 4) is 0 Å². The third-order valence-corrected chi connectivity index (χ3v) is 2.45. The van der Waals surface area contributed by atoms with Crippen LogP contribution in [0.2, 0.25) is 0 Å². The molecule has 2 rings (SSSR count). The van der Waals surface area contributed by atoms with Crippen LogP contribution in [0, 0.1) is 6.92 Å². The second-order valence-corrected chi connectivity index (χ2v) is 3.38. The fourth-order valence-electron chi connectivity index (χ4n) is 1.66. The van der Waals surface area contributed by atoms with Gasteiger partial charge in [-0.25, -0.2) is 0 Å². The molecule has 0 saturated heterocycles. The molecule has 0 spiro atoms. The normalized spacial score (nSPS) is 14.3. The van der Waals surface area contributed by atoms with Crippen LogP contribution in [0.4, 0.5) is 11.4 Å². The topological polar surface area (TPSA) is 50.1 Å². The average Bonchev–Trinajstić information content (AvgIpc) is 2.17. The Balaban J connectivity index is 2.44. The van der Waals surface area contributed by atoms with E-state index in [1.807, 2.05) is 0 Å². The number of nitrogens with one attached hydrogen (secondary N) is 2. The number of rotatable bonds is 1. The summed E-state index contributed by atoms with van der Waals surface area (Å²) in [5.74, 6) is 0. The van der Waals surface area contributed by atoms with Crippen molar-refractivity contribution in [2.75, 3.05) is 23.7 Å². The largest absolute Gasteiger partial charge is 0.382 e. The third-order valence-electron chi connectivity index (χ3n) is 2.45.